The number of likely N-dealkylation sites (N-methyl/N-ethyl adjacent to an activating group) is 1. The van der Waals surface area contributed by atoms with Crippen molar-refractivity contribution in [3.05, 3.63) is 48.2 Å². The maximum Gasteiger partial charge on any atom is 0.252 e. The molecular weight excluding hydrogens is 346 g/mol. The van der Waals surface area contributed by atoms with Crippen molar-refractivity contribution >= 4 is 11.7 Å². The second kappa shape index (κ2) is 9.23. The second-order valence-corrected chi connectivity index (χ2v) is 6.36. The molecule has 3 rings (SSSR count). The zero-order valence-corrected chi connectivity index (χ0v) is 15.7. The molecule has 1 aliphatic heterocycles. The number of nitrogens with zero attached hydrogens (tertiary/aromatic N) is 2. The summed E-state index contributed by atoms with van der Waals surface area (Å²) in [7, 11) is 3.60. The highest BCUT2D eigenvalue weighted by Crippen LogP contribution is 2.31. The van der Waals surface area contributed by atoms with E-state index >= 15 is 0 Å². The summed E-state index contributed by atoms with van der Waals surface area (Å²) in [4.78, 5) is 18.6. The number of aromatic nitrogens is 1. The van der Waals surface area contributed by atoms with Gasteiger partial charge in [-0.3, -0.25) is 4.79 Å². The molecule has 0 saturated carbocycles. The maximum absolute atomic E-state index is 12.3. The number of carbonyl (C=O) groups excluding carboxylic acids is 1. The van der Waals surface area contributed by atoms with Gasteiger partial charge < -0.3 is 24.4 Å². The highest BCUT2D eigenvalue weighted by molar-refractivity contribution is 5.94. The lowest BCUT2D eigenvalue weighted by Crippen LogP contribution is -2.34. The van der Waals surface area contributed by atoms with Crippen LogP contribution in [0.25, 0.3) is 0 Å². The number of methoxy groups -OCH3 is 1. The number of carbonyl (C=O) groups is 1. The molecule has 0 spiro atoms. The number of amides is 1. The molecule has 7 nitrogen and oxygen atoms in total. The molecule has 0 aliphatic carbocycles. The molecule has 0 saturated heterocycles. The Bertz CT molecular complexity index is 751. The number of pyridine rings is 1. The molecule has 1 unspecified atom stereocenters. The molecular formula is C20H25N3O4. The van der Waals surface area contributed by atoms with E-state index < -0.39 is 0 Å². The molecule has 1 aromatic heterocycles. The van der Waals surface area contributed by atoms with Gasteiger partial charge in [0, 0.05) is 39.9 Å². The number of ether oxygens (including phenoxy) is 3. The minimum absolute atomic E-state index is 0.0739. The van der Waals surface area contributed by atoms with Crippen molar-refractivity contribution in [2.75, 3.05) is 45.4 Å². The fourth-order valence-corrected chi connectivity index (χ4v) is 2.74. The third-order valence-corrected chi connectivity index (χ3v) is 4.35. The molecule has 0 fully saturated rings. The van der Waals surface area contributed by atoms with Crippen molar-refractivity contribution in [1.82, 2.24) is 10.3 Å². The predicted molar refractivity (Wildman–Crippen MR) is 103 cm³/mol. The lowest BCUT2D eigenvalue weighted by molar-refractivity contribution is 0.0812. The van der Waals surface area contributed by atoms with Crippen LogP contribution < -0.4 is 19.7 Å². The zero-order chi connectivity index (χ0) is 19.1. The number of benzene rings is 1. The van der Waals surface area contributed by atoms with Crippen LogP contribution in [-0.4, -0.2) is 57.5 Å². The Balaban J connectivity index is 1.44. The highest BCUT2D eigenvalue weighted by atomic mass is 16.6. The monoisotopic (exact) mass is 371 g/mol. The van der Waals surface area contributed by atoms with Crippen LogP contribution in [0.15, 0.2) is 42.6 Å². The predicted octanol–water partition coefficient (Wildman–Crippen LogP) is 2.12. The van der Waals surface area contributed by atoms with Crippen LogP contribution in [0.3, 0.4) is 0 Å². The number of hydrogen-bond acceptors (Lipinski definition) is 6. The lowest BCUT2D eigenvalue weighted by Gasteiger charge is -2.26. The topological polar surface area (TPSA) is 72.9 Å². The number of hydrogen-bond donors (Lipinski definition) is 1. The van der Waals surface area contributed by atoms with Crippen LogP contribution in [0.5, 0.6) is 11.5 Å². The third-order valence-electron chi connectivity index (χ3n) is 4.35. The van der Waals surface area contributed by atoms with Gasteiger partial charge in [-0.05, 0) is 24.3 Å². The minimum atomic E-state index is -0.147. The van der Waals surface area contributed by atoms with Crippen molar-refractivity contribution < 1.29 is 19.0 Å². The van der Waals surface area contributed by atoms with E-state index in [0.29, 0.717) is 31.7 Å². The van der Waals surface area contributed by atoms with Crippen LogP contribution in [0.1, 0.15) is 16.8 Å². The van der Waals surface area contributed by atoms with Gasteiger partial charge in [0.05, 0.1) is 12.2 Å². The molecule has 2 aromatic rings. The van der Waals surface area contributed by atoms with Gasteiger partial charge in [0.1, 0.15) is 18.5 Å². The van der Waals surface area contributed by atoms with E-state index in [0.717, 1.165) is 23.9 Å². The van der Waals surface area contributed by atoms with Gasteiger partial charge in [-0.2, -0.15) is 0 Å². The standard InChI is InChI=1S/C20H25N3O4/c1-23(11-12-25-2)19-8-7-15(13-22-19)20(24)21-10-9-16-14-26-17-5-3-4-6-18(17)27-16/h3-8,13,16H,9-12,14H2,1-2H3,(H,21,24). The fraction of sp³-hybridized carbons (Fsp3) is 0.400. The number of nitrogens with one attached hydrogen (secondary N) is 1. The number of fused-ring (bicyclic) bond motifs is 1. The quantitative estimate of drug-likeness (QED) is 0.766. The molecule has 1 N–H and O–H groups in total. The van der Waals surface area contributed by atoms with Gasteiger partial charge in [0.25, 0.3) is 5.91 Å². The van der Waals surface area contributed by atoms with Crippen LogP contribution in [0.4, 0.5) is 5.82 Å². The summed E-state index contributed by atoms with van der Waals surface area (Å²) < 4.78 is 16.6. The van der Waals surface area contributed by atoms with Crippen LogP contribution in [0.2, 0.25) is 0 Å². The SMILES string of the molecule is COCCN(C)c1ccc(C(=O)NCCC2COc3ccccc3O2)cn1. The summed E-state index contributed by atoms with van der Waals surface area (Å²) in [5.74, 6) is 2.16. The van der Waals surface area contributed by atoms with Crippen LogP contribution >= 0.6 is 0 Å². The number of anilines is 1. The van der Waals surface area contributed by atoms with Gasteiger partial charge in [-0.1, -0.05) is 12.1 Å². The smallest absolute Gasteiger partial charge is 0.252 e. The Labute approximate surface area is 159 Å². The Hall–Kier alpha value is -2.80. The Morgan fingerprint density at radius 2 is 2.11 bits per heavy atom. The normalized spacial score (nSPS) is 15.3. The van der Waals surface area contributed by atoms with Crippen molar-refractivity contribution in [1.29, 1.82) is 0 Å². The van der Waals surface area contributed by atoms with Crippen molar-refractivity contribution in [3.8, 4) is 11.5 Å². The Morgan fingerprint density at radius 1 is 1.30 bits per heavy atom. The number of rotatable bonds is 8. The molecule has 1 aromatic carbocycles. The van der Waals surface area contributed by atoms with Crippen LogP contribution in [-0.2, 0) is 4.74 Å². The number of para-hydroxylation sites is 2. The first kappa shape index (κ1) is 19.0. The largest absolute Gasteiger partial charge is 0.486 e. The summed E-state index contributed by atoms with van der Waals surface area (Å²) >= 11 is 0. The van der Waals surface area contributed by atoms with Gasteiger partial charge in [-0.15, -0.1) is 0 Å². The zero-order valence-electron chi connectivity index (χ0n) is 15.7. The summed E-state index contributed by atoms with van der Waals surface area (Å²) in [6, 6.07) is 11.2. The molecule has 0 radical (unpaired) electrons. The summed E-state index contributed by atoms with van der Waals surface area (Å²) in [5.41, 5.74) is 0.532. The molecule has 7 heteroatoms. The summed E-state index contributed by atoms with van der Waals surface area (Å²) in [6.45, 7) is 2.35. The average Bonchev–Trinajstić information content (AvgIpc) is 2.72. The minimum Gasteiger partial charge on any atom is -0.486 e. The van der Waals surface area contributed by atoms with Gasteiger partial charge in [-0.25, -0.2) is 4.98 Å². The lowest BCUT2D eigenvalue weighted by atomic mass is 10.2. The molecule has 2 heterocycles. The van der Waals surface area contributed by atoms with E-state index in [-0.39, 0.29) is 12.0 Å². The molecule has 0 bridgehead atoms. The first-order valence-corrected chi connectivity index (χ1v) is 9.00. The van der Waals surface area contributed by atoms with Crippen LogP contribution in [0, 0.1) is 0 Å². The second-order valence-electron chi connectivity index (χ2n) is 6.36. The molecule has 27 heavy (non-hydrogen) atoms. The van der Waals surface area contributed by atoms with Gasteiger partial charge in [0.15, 0.2) is 11.5 Å². The fourth-order valence-electron chi connectivity index (χ4n) is 2.74. The Morgan fingerprint density at radius 3 is 2.85 bits per heavy atom. The van der Waals surface area contributed by atoms with E-state index in [1.54, 1.807) is 19.4 Å². The summed E-state index contributed by atoms with van der Waals surface area (Å²) in [6.07, 6.45) is 2.19. The third kappa shape index (κ3) is 5.10. The van der Waals surface area contributed by atoms with Gasteiger partial charge in [0.2, 0.25) is 0 Å². The molecule has 1 aliphatic rings. The van der Waals surface area contributed by atoms with E-state index in [2.05, 4.69) is 10.3 Å². The van der Waals surface area contributed by atoms with E-state index in [9.17, 15) is 4.79 Å². The molecule has 144 valence electrons. The first-order valence-electron chi connectivity index (χ1n) is 9.00. The first-order chi connectivity index (χ1) is 13.2. The Kier molecular flexibility index (Phi) is 6.49. The van der Waals surface area contributed by atoms with E-state index in [4.69, 9.17) is 14.2 Å². The highest BCUT2D eigenvalue weighted by Gasteiger charge is 2.20. The van der Waals surface area contributed by atoms with Crippen molar-refractivity contribution in [2.45, 2.75) is 12.5 Å². The summed E-state index contributed by atoms with van der Waals surface area (Å²) in [5, 5.41) is 2.91. The van der Waals surface area contributed by atoms with Crippen molar-refractivity contribution in [2.24, 2.45) is 0 Å². The maximum atomic E-state index is 12.3. The van der Waals surface area contributed by atoms with Crippen molar-refractivity contribution in [3.63, 3.8) is 0 Å². The average molecular weight is 371 g/mol. The van der Waals surface area contributed by atoms with Gasteiger partial charge >= 0.3 is 0 Å². The van der Waals surface area contributed by atoms with E-state index in [1.165, 1.54) is 0 Å². The molecule has 1 amide bonds. The van der Waals surface area contributed by atoms with E-state index in [1.807, 2.05) is 42.3 Å². The molecule has 1 atom stereocenters.